The molecule has 1 heterocycles. The molecule has 0 bridgehead atoms. The molecule has 0 aliphatic rings. The van der Waals surface area contributed by atoms with Gasteiger partial charge >= 0.3 is 6.03 Å². The predicted octanol–water partition coefficient (Wildman–Crippen LogP) is 6.34. The third kappa shape index (κ3) is 18.1. The Hall–Kier alpha value is -3.88. The number of aliphatic imine (C=N–C) groups is 1. The van der Waals surface area contributed by atoms with Gasteiger partial charge in [0.2, 0.25) is 12.3 Å². The lowest BCUT2D eigenvalue weighted by atomic mass is 9.95. The number of benzene rings is 2. The number of aliphatic hydroxyl groups is 1. The Balaban J connectivity index is 0.00000477. The van der Waals surface area contributed by atoms with Gasteiger partial charge in [0.25, 0.3) is 0 Å². The summed E-state index contributed by atoms with van der Waals surface area (Å²) in [4.78, 5) is 48.8. The van der Waals surface area contributed by atoms with E-state index in [1.165, 1.54) is 4.90 Å². The summed E-state index contributed by atoms with van der Waals surface area (Å²) in [5.41, 5.74) is 4.71. The fourth-order valence-electron chi connectivity index (χ4n) is 5.27. The zero-order chi connectivity index (χ0) is 39.0. The van der Waals surface area contributed by atoms with Crippen LogP contribution in [-0.2, 0) is 33.7 Å². The third-order valence-corrected chi connectivity index (χ3v) is 10.1. The molecule has 5 atom stereocenters. The SMILES string of the molecule is C=C.CCN=CSC(C)COC(O)NC(CCC(Cc1ccccc1)NC(=O)C(CC=O)NC(=O)N(C)Cc1csc(C(C)C)n1)Cc1ccccc1. The minimum atomic E-state index is -1.18. The number of thioether (sulfide) groups is 1. The summed E-state index contributed by atoms with van der Waals surface area (Å²) < 4.78 is 5.74. The van der Waals surface area contributed by atoms with Crippen molar-refractivity contribution < 1.29 is 24.2 Å². The predicted molar refractivity (Wildman–Crippen MR) is 218 cm³/mol. The Morgan fingerprint density at radius 1 is 1.00 bits per heavy atom. The highest BCUT2D eigenvalue weighted by atomic mass is 32.2. The Labute approximate surface area is 324 Å². The van der Waals surface area contributed by atoms with Crippen LogP contribution in [0.25, 0.3) is 0 Å². The molecule has 5 unspecified atom stereocenters. The lowest BCUT2D eigenvalue weighted by Gasteiger charge is -2.27. The molecular weight excluding hydrogens is 709 g/mol. The first-order chi connectivity index (χ1) is 25.6. The summed E-state index contributed by atoms with van der Waals surface area (Å²) in [6.45, 7) is 15.4. The van der Waals surface area contributed by atoms with Crippen molar-refractivity contribution in [3.63, 3.8) is 0 Å². The fraction of sp³-hybridized carbons (Fsp3) is 0.475. The first-order valence-corrected chi connectivity index (χ1v) is 19.9. The molecular formula is C40H58N6O5S2. The maximum atomic E-state index is 13.7. The number of hydrogen-bond acceptors (Lipinski definition) is 10. The molecule has 0 fully saturated rings. The number of thiazole rings is 1. The van der Waals surface area contributed by atoms with Gasteiger partial charge in [-0.1, -0.05) is 81.4 Å². The van der Waals surface area contributed by atoms with E-state index >= 15 is 0 Å². The molecule has 13 heteroatoms. The van der Waals surface area contributed by atoms with E-state index in [1.54, 1.807) is 35.7 Å². The molecule has 0 saturated carbocycles. The number of carbonyl (C=O) groups is 3. The van der Waals surface area contributed by atoms with Crippen LogP contribution in [0.3, 0.4) is 0 Å². The number of nitrogens with zero attached hydrogens (tertiary/aromatic N) is 3. The highest BCUT2D eigenvalue weighted by Crippen LogP contribution is 2.20. The summed E-state index contributed by atoms with van der Waals surface area (Å²) in [7, 11) is 1.63. The van der Waals surface area contributed by atoms with E-state index < -0.39 is 24.4 Å². The van der Waals surface area contributed by atoms with E-state index in [0.717, 1.165) is 21.8 Å². The number of aldehydes is 1. The second-order valence-electron chi connectivity index (χ2n) is 12.9. The van der Waals surface area contributed by atoms with Gasteiger partial charge in [-0.25, -0.2) is 9.78 Å². The van der Waals surface area contributed by atoms with Gasteiger partial charge in [-0.05, 0) is 43.7 Å². The summed E-state index contributed by atoms with van der Waals surface area (Å²) >= 11 is 3.10. The van der Waals surface area contributed by atoms with Crippen LogP contribution in [0.4, 0.5) is 4.79 Å². The molecule has 0 saturated heterocycles. The van der Waals surface area contributed by atoms with E-state index in [4.69, 9.17) is 4.74 Å². The zero-order valence-corrected chi connectivity index (χ0v) is 33.4. The van der Waals surface area contributed by atoms with Crippen LogP contribution in [0.2, 0.25) is 0 Å². The van der Waals surface area contributed by atoms with Gasteiger partial charge in [0.15, 0.2) is 0 Å². The third-order valence-electron chi connectivity index (χ3n) is 8.03. The fourth-order valence-corrected chi connectivity index (χ4v) is 6.70. The van der Waals surface area contributed by atoms with Crippen molar-refractivity contribution in [3.05, 3.63) is 101 Å². The molecule has 1 aromatic heterocycles. The first kappa shape index (κ1) is 45.3. The van der Waals surface area contributed by atoms with Crippen molar-refractivity contribution in [2.45, 2.75) is 102 Å². The molecule has 3 amide bonds. The molecule has 53 heavy (non-hydrogen) atoms. The van der Waals surface area contributed by atoms with Crippen LogP contribution >= 0.6 is 23.1 Å². The average molecular weight is 767 g/mol. The van der Waals surface area contributed by atoms with Gasteiger partial charge in [-0.2, -0.15) is 0 Å². The molecule has 0 aliphatic heterocycles. The van der Waals surface area contributed by atoms with Gasteiger partial charge in [-0.15, -0.1) is 36.3 Å². The van der Waals surface area contributed by atoms with Crippen molar-refractivity contribution in [1.29, 1.82) is 0 Å². The Bertz CT molecular complexity index is 1490. The highest BCUT2D eigenvalue weighted by molar-refractivity contribution is 8.12. The Kier molecular flexibility index (Phi) is 22.2. The number of hydrogen-bond donors (Lipinski definition) is 4. The van der Waals surface area contributed by atoms with E-state index in [1.807, 2.05) is 79.9 Å². The number of nitrogens with one attached hydrogen (secondary N) is 3. The van der Waals surface area contributed by atoms with Crippen molar-refractivity contribution in [3.8, 4) is 0 Å². The number of ether oxygens (including phenoxy) is 1. The van der Waals surface area contributed by atoms with Crippen molar-refractivity contribution in [2.24, 2.45) is 4.99 Å². The van der Waals surface area contributed by atoms with E-state index in [0.29, 0.717) is 51.0 Å². The lowest BCUT2D eigenvalue weighted by molar-refractivity contribution is -0.126. The van der Waals surface area contributed by atoms with E-state index in [2.05, 4.69) is 52.9 Å². The second kappa shape index (κ2) is 26.0. The smallest absolute Gasteiger partial charge is 0.318 e. The molecule has 3 rings (SSSR count). The van der Waals surface area contributed by atoms with Crippen LogP contribution in [0.1, 0.15) is 74.7 Å². The number of aromatic nitrogens is 1. The summed E-state index contributed by atoms with van der Waals surface area (Å²) in [5, 5.41) is 22.9. The van der Waals surface area contributed by atoms with Crippen LogP contribution in [-0.4, -0.2) is 88.8 Å². The average Bonchev–Trinajstić information content (AvgIpc) is 3.63. The van der Waals surface area contributed by atoms with Crippen LogP contribution < -0.4 is 16.0 Å². The summed E-state index contributed by atoms with van der Waals surface area (Å²) in [6.07, 6.45) is 1.62. The molecule has 0 spiro atoms. The standard InChI is InChI=1S/C38H54N6O5S2.C2H4/c1-6-39-26-51-28(4)24-49-38(48)42-32(22-30-15-11-8-12-16-30)18-17-31(21-29-13-9-7-10-14-29)40-35(46)34(19-20-45)43-37(47)44(5)23-33-25-50-36(41-33)27(2)3;1-2/h7-16,20,25-28,31-32,34,38,42,48H,6,17-19,21-24H2,1-5H3,(H,40,46)(H,43,47);1-2H2. The maximum absolute atomic E-state index is 13.7. The highest BCUT2D eigenvalue weighted by Gasteiger charge is 2.26. The topological polar surface area (TPSA) is 145 Å². The molecule has 4 N–H and O–H groups in total. The minimum Gasteiger partial charge on any atom is -0.356 e. The van der Waals surface area contributed by atoms with Crippen LogP contribution in [0.5, 0.6) is 0 Å². The Morgan fingerprint density at radius 2 is 1.60 bits per heavy atom. The first-order valence-electron chi connectivity index (χ1n) is 18.0. The zero-order valence-electron chi connectivity index (χ0n) is 31.8. The van der Waals surface area contributed by atoms with Gasteiger partial charge in [0, 0.05) is 48.6 Å². The Morgan fingerprint density at radius 3 is 2.17 bits per heavy atom. The van der Waals surface area contributed by atoms with Gasteiger partial charge in [-0.3, -0.25) is 15.1 Å². The molecule has 0 aliphatic carbocycles. The van der Waals surface area contributed by atoms with Crippen molar-refractivity contribution in [2.75, 3.05) is 20.2 Å². The number of aliphatic hydroxyl groups excluding tert-OH is 1. The summed E-state index contributed by atoms with van der Waals surface area (Å²) in [6, 6.07) is 17.8. The van der Waals surface area contributed by atoms with Crippen LogP contribution in [0, 0.1) is 0 Å². The molecule has 3 aromatic rings. The van der Waals surface area contributed by atoms with Gasteiger partial charge in [0.1, 0.15) is 12.3 Å². The normalized spacial score (nSPS) is 14.0. The number of carbonyl (C=O) groups excluding carboxylic acids is 3. The molecule has 2 aromatic carbocycles. The van der Waals surface area contributed by atoms with Crippen molar-refractivity contribution in [1.82, 2.24) is 25.8 Å². The monoisotopic (exact) mass is 766 g/mol. The number of urea groups is 1. The van der Waals surface area contributed by atoms with Gasteiger partial charge < -0.3 is 30.2 Å². The number of rotatable bonds is 23. The molecule has 11 nitrogen and oxygen atoms in total. The largest absolute Gasteiger partial charge is 0.356 e. The molecule has 0 radical (unpaired) electrons. The van der Waals surface area contributed by atoms with E-state index in [-0.39, 0.29) is 30.3 Å². The minimum absolute atomic E-state index is 0.111. The number of amides is 3. The van der Waals surface area contributed by atoms with Crippen molar-refractivity contribution >= 4 is 46.9 Å². The molecule has 290 valence electrons. The summed E-state index contributed by atoms with van der Waals surface area (Å²) in [5.74, 6) is -0.145. The van der Waals surface area contributed by atoms with Gasteiger partial charge in [0.05, 0.1) is 29.4 Å². The van der Waals surface area contributed by atoms with E-state index in [9.17, 15) is 19.5 Å². The maximum Gasteiger partial charge on any atom is 0.318 e. The lowest BCUT2D eigenvalue weighted by Crippen LogP contribution is -2.53. The second-order valence-corrected chi connectivity index (χ2v) is 15.0. The van der Waals surface area contributed by atoms with Crippen LogP contribution in [0.15, 0.2) is 84.2 Å². The quantitative estimate of drug-likeness (QED) is 0.0288.